The first-order valence-electron chi connectivity index (χ1n) is 5.01. The molecule has 0 amide bonds. The number of rotatable bonds is 1. The smallest absolute Gasteiger partial charge is 0.0592 e. The van der Waals surface area contributed by atoms with E-state index in [1.807, 2.05) is 22.7 Å². The molecule has 0 saturated heterocycles. The predicted molar refractivity (Wildman–Crippen MR) is 81.1 cm³/mol. The van der Waals surface area contributed by atoms with Crippen molar-refractivity contribution in [3.63, 3.8) is 0 Å². The fourth-order valence-electron chi connectivity index (χ4n) is 1.54. The van der Waals surface area contributed by atoms with Gasteiger partial charge in [-0.15, -0.1) is 47.9 Å². The molecule has 0 bridgehead atoms. The zero-order valence-electron chi connectivity index (χ0n) is 9.71. The molecule has 0 unspecified atom stereocenters. The standard InChI is InChI=1S/C12H14S4/c1-5-7(3)15-11(9(5)13)12-10(14)6(2)8(4)16-12/h13-14H,1-4H3. The molecule has 4 heteroatoms. The molecule has 2 aromatic heterocycles. The number of thiophene rings is 2. The fraction of sp³-hybridized carbons (Fsp3) is 0.333. The molecule has 0 aliphatic heterocycles. The highest BCUT2D eigenvalue weighted by Gasteiger charge is 2.17. The van der Waals surface area contributed by atoms with Crippen LogP contribution in [0.2, 0.25) is 0 Å². The van der Waals surface area contributed by atoms with E-state index in [-0.39, 0.29) is 0 Å². The summed E-state index contributed by atoms with van der Waals surface area (Å²) in [6.45, 7) is 8.55. The lowest BCUT2D eigenvalue weighted by Gasteiger charge is -1.97. The number of aryl methyl sites for hydroxylation is 2. The van der Waals surface area contributed by atoms with Crippen molar-refractivity contribution in [2.75, 3.05) is 0 Å². The minimum absolute atomic E-state index is 1.11. The van der Waals surface area contributed by atoms with Crippen molar-refractivity contribution in [3.05, 3.63) is 20.9 Å². The maximum absolute atomic E-state index is 4.62. The normalized spacial score (nSPS) is 11.1. The highest BCUT2D eigenvalue weighted by Crippen LogP contribution is 2.46. The Morgan fingerprint density at radius 2 is 1.00 bits per heavy atom. The lowest BCUT2D eigenvalue weighted by atomic mass is 10.2. The topological polar surface area (TPSA) is 0 Å². The van der Waals surface area contributed by atoms with Crippen molar-refractivity contribution in [2.45, 2.75) is 37.5 Å². The van der Waals surface area contributed by atoms with E-state index in [0.29, 0.717) is 0 Å². The Balaban J connectivity index is 2.68. The van der Waals surface area contributed by atoms with Gasteiger partial charge in [0.25, 0.3) is 0 Å². The van der Waals surface area contributed by atoms with E-state index >= 15 is 0 Å². The third-order valence-electron chi connectivity index (χ3n) is 2.91. The molecule has 16 heavy (non-hydrogen) atoms. The van der Waals surface area contributed by atoms with Gasteiger partial charge in [0.2, 0.25) is 0 Å². The average molecular weight is 287 g/mol. The second-order valence-electron chi connectivity index (χ2n) is 3.92. The molecule has 0 nitrogen and oxygen atoms in total. The number of hydrogen-bond acceptors (Lipinski definition) is 4. The SMILES string of the molecule is Cc1sc(-c2sc(C)c(C)c2S)c(S)c1C. The van der Waals surface area contributed by atoms with Gasteiger partial charge < -0.3 is 0 Å². The lowest BCUT2D eigenvalue weighted by Crippen LogP contribution is -1.73. The van der Waals surface area contributed by atoms with E-state index < -0.39 is 0 Å². The largest absolute Gasteiger partial charge is 0.142 e. The van der Waals surface area contributed by atoms with Gasteiger partial charge in [0.1, 0.15) is 0 Å². The molecule has 0 atom stereocenters. The first-order chi connectivity index (χ1) is 7.43. The summed E-state index contributed by atoms with van der Waals surface area (Å²) in [7, 11) is 0. The van der Waals surface area contributed by atoms with Crippen LogP contribution in [0, 0.1) is 27.7 Å². The van der Waals surface area contributed by atoms with Crippen molar-refractivity contribution >= 4 is 47.9 Å². The molecule has 0 fully saturated rings. The molecular weight excluding hydrogens is 272 g/mol. The van der Waals surface area contributed by atoms with Crippen LogP contribution >= 0.6 is 47.9 Å². The Morgan fingerprint density at radius 3 is 1.19 bits per heavy atom. The minimum Gasteiger partial charge on any atom is -0.142 e. The van der Waals surface area contributed by atoms with Gasteiger partial charge in [0.15, 0.2) is 0 Å². The van der Waals surface area contributed by atoms with Crippen LogP contribution in [0.25, 0.3) is 9.75 Å². The quantitative estimate of drug-likeness (QED) is 0.654. The first-order valence-corrected chi connectivity index (χ1v) is 7.54. The van der Waals surface area contributed by atoms with Gasteiger partial charge in [-0.1, -0.05) is 0 Å². The Morgan fingerprint density at radius 1 is 0.688 bits per heavy atom. The van der Waals surface area contributed by atoms with Crippen LogP contribution in [-0.4, -0.2) is 0 Å². The molecule has 2 rings (SSSR count). The Bertz CT molecular complexity index is 496. The average Bonchev–Trinajstić information content (AvgIpc) is 2.64. The van der Waals surface area contributed by atoms with Gasteiger partial charge >= 0.3 is 0 Å². The van der Waals surface area contributed by atoms with Crippen molar-refractivity contribution in [2.24, 2.45) is 0 Å². The van der Waals surface area contributed by atoms with Gasteiger partial charge in [-0.3, -0.25) is 0 Å². The van der Waals surface area contributed by atoms with Crippen LogP contribution in [0.5, 0.6) is 0 Å². The van der Waals surface area contributed by atoms with E-state index in [4.69, 9.17) is 0 Å². The third-order valence-corrected chi connectivity index (χ3v) is 6.91. The summed E-state index contributed by atoms with van der Waals surface area (Å²) in [4.78, 5) is 7.44. The molecule has 0 aromatic carbocycles. The maximum atomic E-state index is 4.62. The molecule has 0 spiro atoms. The van der Waals surface area contributed by atoms with Crippen LogP contribution in [0.3, 0.4) is 0 Å². The Hall–Kier alpha value is 0.1000. The van der Waals surface area contributed by atoms with Gasteiger partial charge in [0.05, 0.1) is 9.75 Å². The highest BCUT2D eigenvalue weighted by atomic mass is 32.1. The van der Waals surface area contributed by atoms with Gasteiger partial charge in [-0.05, 0) is 38.8 Å². The van der Waals surface area contributed by atoms with E-state index in [0.717, 1.165) is 9.79 Å². The van der Waals surface area contributed by atoms with Gasteiger partial charge in [0, 0.05) is 19.5 Å². The highest BCUT2D eigenvalue weighted by molar-refractivity contribution is 7.81. The number of thiol groups is 2. The van der Waals surface area contributed by atoms with Crippen molar-refractivity contribution in [1.82, 2.24) is 0 Å². The van der Waals surface area contributed by atoms with Crippen LogP contribution in [0.15, 0.2) is 9.79 Å². The first kappa shape index (κ1) is 12.6. The summed E-state index contributed by atoms with van der Waals surface area (Å²) >= 11 is 12.9. The second-order valence-corrected chi connectivity index (χ2v) is 7.27. The van der Waals surface area contributed by atoms with Crippen molar-refractivity contribution < 1.29 is 0 Å². The Labute approximate surface area is 116 Å². The van der Waals surface area contributed by atoms with Crippen LogP contribution in [0.1, 0.15) is 20.9 Å². The van der Waals surface area contributed by atoms with Gasteiger partial charge in [-0.25, -0.2) is 0 Å². The molecule has 0 radical (unpaired) electrons. The van der Waals surface area contributed by atoms with Crippen molar-refractivity contribution in [3.8, 4) is 9.75 Å². The van der Waals surface area contributed by atoms with E-state index in [2.05, 4.69) is 53.0 Å². The summed E-state index contributed by atoms with van der Waals surface area (Å²) in [5, 5.41) is 0. The molecule has 0 N–H and O–H groups in total. The molecule has 2 heterocycles. The molecular formula is C12H14S4. The zero-order valence-corrected chi connectivity index (χ0v) is 13.1. The van der Waals surface area contributed by atoms with E-state index in [1.54, 1.807) is 0 Å². The van der Waals surface area contributed by atoms with Crippen LogP contribution in [0.4, 0.5) is 0 Å². The zero-order chi connectivity index (χ0) is 12.0. The summed E-state index contributed by atoms with van der Waals surface area (Å²) < 4.78 is 0. The minimum atomic E-state index is 1.11. The number of hydrogen-bond donors (Lipinski definition) is 2. The van der Waals surface area contributed by atoms with E-state index in [9.17, 15) is 0 Å². The molecule has 0 aliphatic rings. The summed E-state index contributed by atoms with van der Waals surface area (Å²) in [6.07, 6.45) is 0. The summed E-state index contributed by atoms with van der Waals surface area (Å²) in [6, 6.07) is 0. The molecule has 0 aliphatic carbocycles. The van der Waals surface area contributed by atoms with Crippen LogP contribution < -0.4 is 0 Å². The van der Waals surface area contributed by atoms with Gasteiger partial charge in [-0.2, -0.15) is 0 Å². The van der Waals surface area contributed by atoms with E-state index in [1.165, 1.54) is 30.6 Å². The second kappa shape index (κ2) is 4.41. The molecule has 0 saturated carbocycles. The molecule has 86 valence electrons. The van der Waals surface area contributed by atoms with Crippen molar-refractivity contribution in [1.29, 1.82) is 0 Å². The monoisotopic (exact) mass is 286 g/mol. The third kappa shape index (κ3) is 1.86. The van der Waals surface area contributed by atoms with Crippen LogP contribution in [-0.2, 0) is 0 Å². The summed E-state index contributed by atoms with van der Waals surface area (Å²) in [5.41, 5.74) is 2.58. The predicted octanol–water partition coefficient (Wildman–Crippen LogP) is 5.29. The summed E-state index contributed by atoms with van der Waals surface area (Å²) in [5.74, 6) is 0. The molecule has 2 aromatic rings. The fourth-order valence-corrected chi connectivity index (χ4v) is 4.93. The lowest BCUT2D eigenvalue weighted by molar-refractivity contribution is 1.31. The maximum Gasteiger partial charge on any atom is 0.0592 e. The Kier molecular flexibility index (Phi) is 3.46.